The van der Waals surface area contributed by atoms with E-state index < -0.39 is 5.60 Å². The zero-order valence-corrected chi connectivity index (χ0v) is 14.3. The van der Waals surface area contributed by atoms with Gasteiger partial charge in [-0.15, -0.1) is 0 Å². The molecule has 3 saturated carbocycles. The Labute approximate surface area is 139 Å². The predicted octanol–water partition coefficient (Wildman–Crippen LogP) is 4.26. The van der Waals surface area contributed by atoms with Crippen molar-refractivity contribution in [2.75, 3.05) is 7.11 Å². The molecular weight excluding hydrogens is 284 g/mol. The Morgan fingerprint density at radius 1 is 1.22 bits per heavy atom. The van der Waals surface area contributed by atoms with Gasteiger partial charge in [0.1, 0.15) is 34.5 Å². The molecule has 0 aromatic heterocycles. The van der Waals surface area contributed by atoms with Gasteiger partial charge in [-0.2, -0.15) is 0 Å². The summed E-state index contributed by atoms with van der Waals surface area (Å²) in [5.74, 6) is 4.82. The smallest absolute Gasteiger partial charge is 0.137 e. The van der Waals surface area contributed by atoms with Crippen LogP contribution in [-0.4, -0.2) is 17.8 Å². The van der Waals surface area contributed by atoms with Crippen molar-refractivity contribution in [3.05, 3.63) is 35.2 Å². The van der Waals surface area contributed by atoms with Crippen molar-refractivity contribution in [3.63, 3.8) is 0 Å². The molecule has 5 rings (SSSR count). The van der Waals surface area contributed by atoms with Crippen LogP contribution in [0.25, 0.3) is 0 Å². The van der Waals surface area contributed by atoms with Crippen LogP contribution in [0.5, 0.6) is 5.75 Å². The molecule has 0 spiro atoms. The fourth-order valence-electron chi connectivity index (χ4n) is 6.79. The third-order valence-electron chi connectivity index (χ3n) is 7.91. The number of ether oxygens (including phenoxy) is 1. The lowest BCUT2D eigenvalue weighted by molar-refractivity contribution is -0.0708. The molecule has 2 nitrogen and oxygen atoms in total. The monoisotopic (exact) mass is 311 g/mol. The van der Waals surface area contributed by atoms with Crippen molar-refractivity contribution < 1.29 is 9.84 Å². The lowest BCUT2D eigenvalue weighted by Crippen LogP contribution is -2.51. The van der Waals surface area contributed by atoms with E-state index in [0.717, 1.165) is 18.6 Å². The minimum atomic E-state index is -0.391. The van der Waals surface area contributed by atoms with E-state index in [9.17, 15) is 5.11 Å². The molecule has 0 amide bonds. The second kappa shape index (κ2) is 4.47. The van der Waals surface area contributed by atoms with Gasteiger partial charge in [-0.1, -0.05) is 6.07 Å². The summed E-state index contributed by atoms with van der Waals surface area (Å²) in [5, 5.41) is 11.2. The molecular formula is C21H27O2+. The lowest BCUT2D eigenvalue weighted by atomic mass is 9.50. The number of rotatable bonds is 1. The Morgan fingerprint density at radius 2 is 2.09 bits per heavy atom. The van der Waals surface area contributed by atoms with Gasteiger partial charge in [-0.25, -0.2) is 0 Å². The molecule has 0 heterocycles. The molecule has 5 atom stereocenters. The van der Waals surface area contributed by atoms with Crippen LogP contribution in [0.3, 0.4) is 0 Å². The van der Waals surface area contributed by atoms with Gasteiger partial charge < -0.3 is 9.84 Å². The average molecular weight is 311 g/mol. The molecule has 4 aliphatic rings. The molecule has 3 fully saturated rings. The van der Waals surface area contributed by atoms with Gasteiger partial charge in [0.2, 0.25) is 0 Å². The normalized spacial score (nSPS) is 43.8. The van der Waals surface area contributed by atoms with E-state index in [-0.39, 0.29) is 5.41 Å². The van der Waals surface area contributed by atoms with E-state index in [1.54, 1.807) is 18.6 Å². The molecule has 2 heteroatoms. The van der Waals surface area contributed by atoms with Gasteiger partial charge in [-0.05, 0) is 68.7 Å². The van der Waals surface area contributed by atoms with Crippen molar-refractivity contribution in [3.8, 4) is 5.75 Å². The molecule has 0 radical (unpaired) electrons. The van der Waals surface area contributed by atoms with E-state index in [0.29, 0.717) is 17.8 Å². The number of benzene rings is 1. The van der Waals surface area contributed by atoms with Crippen molar-refractivity contribution in [1.82, 2.24) is 0 Å². The van der Waals surface area contributed by atoms with Crippen molar-refractivity contribution in [2.24, 2.45) is 17.3 Å². The molecule has 2 bridgehead atoms. The fourth-order valence-corrected chi connectivity index (χ4v) is 6.79. The van der Waals surface area contributed by atoms with Crippen LogP contribution in [0, 0.1) is 23.2 Å². The third kappa shape index (κ3) is 1.66. The molecule has 4 aliphatic carbocycles. The predicted molar refractivity (Wildman–Crippen MR) is 90.4 cm³/mol. The topological polar surface area (TPSA) is 29.5 Å². The zero-order valence-electron chi connectivity index (χ0n) is 14.3. The highest BCUT2D eigenvalue weighted by molar-refractivity contribution is 5.44. The van der Waals surface area contributed by atoms with Crippen molar-refractivity contribution in [1.29, 1.82) is 0 Å². The Balaban J connectivity index is 1.54. The Bertz CT molecular complexity index is 653. The van der Waals surface area contributed by atoms with Crippen LogP contribution in [0.1, 0.15) is 62.5 Å². The van der Waals surface area contributed by atoms with Crippen LogP contribution < -0.4 is 4.74 Å². The Morgan fingerprint density at radius 3 is 2.91 bits per heavy atom. The number of hydrogen-bond acceptors (Lipinski definition) is 2. The number of methoxy groups -OCH3 is 1. The van der Waals surface area contributed by atoms with Crippen LogP contribution in [0.15, 0.2) is 18.2 Å². The minimum absolute atomic E-state index is 0.0983. The summed E-state index contributed by atoms with van der Waals surface area (Å²) >= 11 is 0. The summed E-state index contributed by atoms with van der Waals surface area (Å²) in [6, 6.07) is 6.70. The molecule has 1 aromatic rings. The summed E-state index contributed by atoms with van der Waals surface area (Å²) in [7, 11) is 1.76. The molecule has 0 saturated heterocycles. The fraction of sp³-hybridized carbons (Fsp3) is 0.667. The second-order valence-electron chi connectivity index (χ2n) is 8.61. The van der Waals surface area contributed by atoms with Crippen molar-refractivity contribution >= 4 is 0 Å². The quantitative estimate of drug-likeness (QED) is 0.785. The molecule has 23 heavy (non-hydrogen) atoms. The van der Waals surface area contributed by atoms with E-state index in [2.05, 4.69) is 25.1 Å². The summed E-state index contributed by atoms with van der Waals surface area (Å²) in [6.07, 6.45) is 8.13. The van der Waals surface area contributed by atoms with Crippen LogP contribution >= 0.6 is 0 Å². The highest BCUT2D eigenvalue weighted by Crippen LogP contribution is 2.72. The summed E-state index contributed by atoms with van der Waals surface area (Å²) in [4.78, 5) is 0. The van der Waals surface area contributed by atoms with Gasteiger partial charge in [0.25, 0.3) is 0 Å². The Hall–Kier alpha value is -1.15. The first kappa shape index (κ1) is 14.2. The first-order valence-corrected chi connectivity index (χ1v) is 9.32. The zero-order chi connectivity index (χ0) is 15.8. The van der Waals surface area contributed by atoms with Gasteiger partial charge >= 0.3 is 0 Å². The van der Waals surface area contributed by atoms with E-state index in [4.69, 9.17) is 4.74 Å². The second-order valence-corrected chi connectivity index (χ2v) is 8.61. The minimum Gasteiger partial charge on any atom is -0.497 e. The Kier molecular flexibility index (Phi) is 2.77. The summed E-state index contributed by atoms with van der Waals surface area (Å²) in [5.41, 5.74) is 2.77. The summed E-state index contributed by atoms with van der Waals surface area (Å²) in [6.45, 7) is 2.38. The van der Waals surface area contributed by atoms with Gasteiger partial charge in [0.15, 0.2) is 0 Å². The maximum atomic E-state index is 11.2. The summed E-state index contributed by atoms with van der Waals surface area (Å²) < 4.78 is 5.42. The van der Waals surface area contributed by atoms with E-state index in [1.807, 2.05) is 0 Å². The number of hydrogen-bond donors (Lipinski definition) is 1. The number of aryl methyl sites for hydroxylation is 1. The van der Waals surface area contributed by atoms with Gasteiger partial charge in [-0.3, -0.25) is 0 Å². The van der Waals surface area contributed by atoms with Gasteiger partial charge in [0.05, 0.1) is 7.11 Å². The van der Waals surface area contributed by atoms with Crippen LogP contribution in [0.2, 0.25) is 0 Å². The largest absolute Gasteiger partial charge is 0.497 e. The molecule has 0 unspecified atom stereocenters. The number of fused-ring (bicyclic) bond motifs is 9. The highest BCUT2D eigenvalue weighted by atomic mass is 16.5. The SMILES string of the molecule is COc1ccc2c(c1)CC[C@H]1[C+]3[C@@H]4CC[C@@](O)(C4)[C@@]3(C)CC[C@H]21. The maximum absolute atomic E-state index is 11.2. The highest BCUT2D eigenvalue weighted by Gasteiger charge is 2.76. The molecule has 122 valence electrons. The maximum Gasteiger partial charge on any atom is 0.137 e. The molecule has 1 aromatic carbocycles. The van der Waals surface area contributed by atoms with Crippen molar-refractivity contribution in [2.45, 2.75) is 63.4 Å². The molecule has 1 N–H and O–H groups in total. The average Bonchev–Trinajstić information content (AvgIpc) is 3.06. The lowest BCUT2D eigenvalue weighted by Gasteiger charge is -2.48. The standard InChI is InChI=1S/C21H27O2/c1-20-9-8-17-16-6-4-15(23-2)11-13(16)3-5-18(17)19(20)14-7-10-21(20,22)12-14/h4,6,11,14,17-18,22H,3,5,7-10,12H2,1-2H3/q+1/t14-,17-,18-,20+,21-/m1/s1. The third-order valence-corrected chi connectivity index (χ3v) is 7.91. The van der Waals surface area contributed by atoms with E-state index in [1.165, 1.54) is 37.7 Å². The van der Waals surface area contributed by atoms with Crippen LogP contribution in [0.4, 0.5) is 0 Å². The number of aliphatic hydroxyl groups is 1. The van der Waals surface area contributed by atoms with E-state index >= 15 is 0 Å². The van der Waals surface area contributed by atoms with Crippen LogP contribution in [-0.2, 0) is 6.42 Å². The first-order valence-electron chi connectivity index (χ1n) is 9.32. The van der Waals surface area contributed by atoms with Gasteiger partial charge in [0, 0.05) is 12.3 Å². The molecule has 0 aliphatic heterocycles. The first-order chi connectivity index (χ1) is 11.1.